The number of hydrogen-bond acceptors (Lipinski definition) is 4. The zero-order valence-corrected chi connectivity index (χ0v) is 19.9. The Morgan fingerprint density at radius 1 is 1.31 bits per heavy atom. The first-order valence-electron chi connectivity index (χ1n) is 9.85. The van der Waals surface area contributed by atoms with Crippen LogP contribution < -0.4 is 34.1 Å². The van der Waals surface area contributed by atoms with E-state index in [0.29, 0.717) is 17.9 Å². The fourth-order valence-electron chi connectivity index (χ4n) is 5.86. The molecule has 4 fully saturated rings. The van der Waals surface area contributed by atoms with Gasteiger partial charge in [-0.3, -0.25) is 9.79 Å². The molecule has 0 heterocycles. The molecule has 6 nitrogen and oxygen atoms in total. The van der Waals surface area contributed by atoms with E-state index >= 15 is 0 Å². The first-order chi connectivity index (χ1) is 13.3. The summed E-state index contributed by atoms with van der Waals surface area (Å²) in [5.41, 5.74) is 2.61. The topological polar surface area (TPSA) is 99.8 Å². The Kier molecular flexibility index (Phi) is 7.03. The average Bonchev–Trinajstić information content (AvgIpc) is 2.62. The molecule has 4 aliphatic carbocycles. The number of benzene rings is 1. The van der Waals surface area contributed by atoms with E-state index < -0.39 is 7.82 Å². The van der Waals surface area contributed by atoms with Crippen LogP contribution >= 0.6 is 7.82 Å². The van der Waals surface area contributed by atoms with Gasteiger partial charge in [-0.1, -0.05) is 18.2 Å². The summed E-state index contributed by atoms with van der Waals surface area (Å²) in [7, 11) is -2.88. The van der Waals surface area contributed by atoms with Crippen molar-refractivity contribution in [3.8, 4) is 11.8 Å². The van der Waals surface area contributed by atoms with Gasteiger partial charge < -0.3 is 10.7 Å². The Morgan fingerprint density at radius 3 is 2.59 bits per heavy atom. The molecule has 8 heteroatoms. The normalized spacial score (nSPS) is 31.4. The Labute approximate surface area is 195 Å². The molecule has 5 rings (SSSR count). The predicted octanol–water partition coefficient (Wildman–Crippen LogP) is 1.34. The van der Waals surface area contributed by atoms with Crippen LogP contribution in [0, 0.1) is 29.1 Å². The zero-order valence-electron chi connectivity index (χ0n) is 18.0. The van der Waals surface area contributed by atoms with E-state index in [0.717, 1.165) is 30.2 Å². The summed E-state index contributed by atoms with van der Waals surface area (Å²) in [5, 5.41) is 9.03. The molecular weight excluding hydrogens is 400 g/mol. The first-order valence-corrected chi connectivity index (χ1v) is 11.4. The number of ether oxygens (including phenoxy) is 1. The summed E-state index contributed by atoms with van der Waals surface area (Å²) in [5.74, 6) is 2.11. The van der Waals surface area contributed by atoms with E-state index in [1.54, 1.807) is 19.2 Å². The van der Waals surface area contributed by atoms with Crippen LogP contribution in [0.4, 0.5) is 0 Å². The smallest absolute Gasteiger partial charge is 1.00 e. The molecule has 152 valence electrons. The van der Waals surface area contributed by atoms with Gasteiger partial charge in [0.15, 0.2) is 0 Å². The fraction of sp³-hybridized carbons (Fsp3) is 0.571. The van der Waals surface area contributed by atoms with Gasteiger partial charge in [-0.05, 0) is 73.5 Å². The van der Waals surface area contributed by atoms with Crippen LogP contribution in [0.25, 0.3) is 6.08 Å². The molecule has 0 saturated heterocycles. The van der Waals surface area contributed by atoms with Gasteiger partial charge in [0.1, 0.15) is 5.75 Å². The van der Waals surface area contributed by atoms with Gasteiger partial charge in [0, 0.05) is 19.1 Å². The minimum absolute atomic E-state index is 0. The molecule has 0 amide bonds. The van der Waals surface area contributed by atoms with Gasteiger partial charge in [0.2, 0.25) is 0 Å². The molecule has 0 spiro atoms. The van der Waals surface area contributed by atoms with Crippen molar-refractivity contribution in [1.82, 2.24) is 0 Å². The molecule has 4 aliphatic rings. The maximum absolute atomic E-state index is 11.4. The second-order valence-corrected chi connectivity index (χ2v) is 9.57. The largest absolute Gasteiger partial charge is 1.00 e. The molecule has 0 aliphatic heterocycles. The Morgan fingerprint density at radius 2 is 2.00 bits per heavy atom. The van der Waals surface area contributed by atoms with Gasteiger partial charge in [0.25, 0.3) is 0 Å². The third-order valence-electron chi connectivity index (χ3n) is 6.68. The number of methoxy groups -OCH3 is 1. The summed E-state index contributed by atoms with van der Waals surface area (Å²) < 4.78 is 22.4. The minimum Gasteiger partial charge on any atom is -1.00 e. The fourth-order valence-corrected chi connectivity index (χ4v) is 6.28. The van der Waals surface area contributed by atoms with Crippen molar-refractivity contribution in [2.75, 3.05) is 7.11 Å². The Hall–Kier alpha value is -0.640. The van der Waals surface area contributed by atoms with Crippen molar-refractivity contribution in [2.45, 2.75) is 50.5 Å². The molecule has 2 atom stereocenters. The van der Waals surface area contributed by atoms with Gasteiger partial charge in [-0.15, -0.1) is 0 Å². The second-order valence-electron chi connectivity index (χ2n) is 8.41. The number of nitriles is 1. The van der Waals surface area contributed by atoms with E-state index in [1.165, 1.54) is 24.8 Å². The maximum atomic E-state index is 11.4. The van der Waals surface area contributed by atoms with Crippen LogP contribution in [0.15, 0.2) is 23.8 Å². The Balaban J connectivity index is 0.00000160. The number of rotatable bonds is 6. The van der Waals surface area contributed by atoms with Gasteiger partial charge in [0.05, 0.1) is 11.7 Å². The summed E-state index contributed by atoms with van der Waals surface area (Å²) in [6, 6.07) is 7.33. The van der Waals surface area contributed by atoms with E-state index in [4.69, 9.17) is 14.5 Å². The molecule has 4 saturated carbocycles. The van der Waals surface area contributed by atoms with Crippen molar-refractivity contribution in [3.05, 3.63) is 34.9 Å². The van der Waals surface area contributed by atoms with Crippen molar-refractivity contribution < 1.29 is 54.6 Å². The predicted molar refractivity (Wildman–Crippen MR) is 105 cm³/mol. The number of phosphoric acid groups is 1. The van der Waals surface area contributed by atoms with Crippen molar-refractivity contribution >= 4 is 13.9 Å². The van der Waals surface area contributed by atoms with E-state index in [9.17, 15) is 14.4 Å². The Bertz CT molecular complexity index is 882. The van der Waals surface area contributed by atoms with Crippen molar-refractivity contribution in [2.24, 2.45) is 17.8 Å². The minimum atomic E-state index is -4.68. The van der Waals surface area contributed by atoms with Crippen LogP contribution in [0.5, 0.6) is 5.75 Å². The zero-order chi connectivity index (χ0) is 19.9. The van der Waals surface area contributed by atoms with Crippen LogP contribution in [-0.4, -0.2) is 22.5 Å². The van der Waals surface area contributed by atoms with Crippen LogP contribution in [0.2, 0.25) is 0 Å². The number of phosphoric ester groups is 1. The molecule has 0 radical (unpaired) electrons. The molecule has 4 bridgehead atoms. The van der Waals surface area contributed by atoms with Crippen molar-refractivity contribution in [3.63, 3.8) is 0 Å². The number of hydrogen-bond donors (Lipinski definition) is 2. The molecule has 1 aromatic rings. The average molecular weight is 427 g/mol. The summed E-state index contributed by atoms with van der Waals surface area (Å²) in [6.45, 7) is 0. The molecule has 0 aromatic heterocycles. The summed E-state index contributed by atoms with van der Waals surface area (Å²) in [4.78, 5) is 18.5. The standard InChI is InChI=1S/C21H26NO5P.Na.H/c1-26-21-12-14-8-15(13-21)10-17(9-14)19(21)11-16-4-2-6-20(27-28(23,24)25)18(16)5-3-7-22;;/h2,4,6,11,14-15,17H,3,5,8-10,12-13H2,1H3,(H2,23,24,25);;/q;+1;-1. The van der Waals surface area contributed by atoms with E-state index in [-0.39, 0.29) is 48.8 Å². The molecule has 29 heavy (non-hydrogen) atoms. The first kappa shape index (κ1) is 23.0. The van der Waals surface area contributed by atoms with Gasteiger partial charge in [-0.25, -0.2) is 4.57 Å². The quantitative estimate of drug-likeness (QED) is 0.525. The molecule has 1 aromatic carbocycles. The van der Waals surface area contributed by atoms with Crippen LogP contribution in [0.1, 0.15) is 51.1 Å². The molecule has 2 unspecified atom stereocenters. The summed E-state index contributed by atoms with van der Waals surface area (Å²) >= 11 is 0. The monoisotopic (exact) mass is 427 g/mol. The third kappa shape index (κ3) is 4.67. The maximum Gasteiger partial charge on any atom is 1.00 e. The number of nitrogens with zero attached hydrogens (tertiary/aromatic N) is 1. The van der Waals surface area contributed by atoms with Gasteiger partial charge in [-0.2, -0.15) is 5.26 Å². The third-order valence-corrected chi connectivity index (χ3v) is 7.11. The SMILES string of the molecule is COC12CC3CC(CC(C3)C1=Cc1cccc(OP(=O)(O)O)c1CCC#N)C2.[H-].[Na+]. The molecule has 2 N–H and O–H groups in total. The van der Waals surface area contributed by atoms with E-state index in [2.05, 4.69) is 12.1 Å². The van der Waals surface area contributed by atoms with Gasteiger partial charge >= 0.3 is 37.4 Å². The van der Waals surface area contributed by atoms with Crippen LogP contribution in [0.3, 0.4) is 0 Å². The summed E-state index contributed by atoms with van der Waals surface area (Å²) in [6.07, 6.45) is 8.57. The van der Waals surface area contributed by atoms with E-state index in [1.807, 2.05) is 6.07 Å². The molecular formula is C21H27NNaO5P. The second kappa shape index (κ2) is 8.85. The van der Waals surface area contributed by atoms with Crippen LogP contribution in [-0.2, 0) is 15.7 Å². The van der Waals surface area contributed by atoms with Crippen molar-refractivity contribution in [1.29, 1.82) is 5.26 Å².